The molecule has 3 heteroatoms. The number of anilines is 3. The molecule has 0 fully saturated rings. The van der Waals surface area contributed by atoms with Gasteiger partial charge in [0.25, 0.3) is 0 Å². The van der Waals surface area contributed by atoms with Gasteiger partial charge in [-0.2, -0.15) is 0 Å². The Morgan fingerprint density at radius 3 is 1.40 bits per heavy atom. The lowest BCUT2D eigenvalue weighted by Gasteiger charge is -2.42. The fourth-order valence-electron chi connectivity index (χ4n) is 8.81. The molecule has 0 unspecified atom stereocenters. The van der Waals surface area contributed by atoms with Crippen molar-refractivity contribution < 1.29 is 4.21 Å². The number of hydrogen-bond acceptors (Lipinski definition) is 2. The van der Waals surface area contributed by atoms with Gasteiger partial charge in [-0.3, -0.25) is 4.21 Å². The number of hydrogen-bond donors (Lipinski definition) is 0. The molecule has 0 radical (unpaired) electrons. The molecule has 7 aromatic rings. The van der Waals surface area contributed by atoms with Crippen molar-refractivity contribution in [1.29, 1.82) is 0 Å². The Balaban J connectivity index is 1.13. The van der Waals surface area contributed by atoms with E-state index in [1.165, 1.54) is 22.5 Å². The van der Waals surface area contributed by atoms with Crippen LogP contribution in [0.1, 0.15) is 25.0 Å². The fraction of sp³-hybridized carbons (Fsp3) is 0.0667. The Bertz CT molecular complexity index is 2460. The predicted octanol–water partition coefficient (Wildman–Crippen LogP) is 11.8. The average Bonchev–Trinajstić information content (AvgIpc) is 3.53. The second-order valence-electron chi connectivity index (χ2n) is 13.7. The maximum Gasteiger partial charge on any atom is 0.0502 e. The minimum Gasteiger partial charge on any atom is -0.310 e. The van der Waals surface area contributed by atoms with E-state index in [0.29, 0.717) is 0 Å². The van der Waals surface area contributed by atoms with Gasteiger partial charge in [0, 0.05) is 39.8 Å². The molecule has 1 spiro atoms. The Labute approximate surface area is 281 Å². The predicted molar refractivity (Wildman–Crippen MR) is 197 cm³/mol. The van der Waals surface area contributed by atoms with Crippen molar-refractivity contribution in [3.05, 3.63) is 175 Å². The molecule has 3 aliphatic heterocycles. The van der Waals surface area contributed by atoms with E-state index >= 15 is 4.21 Å². The first-order chi connectivity index (χ1) is 23.4. The number of rotatable bonds is 2. The number of para-hydroxylation sites is 2. The van der Waals surface area contributed by atoms with Gasteiger partial charge in [0.05, 0.1) is 11.4 Å². The zero-order valence-corrected chi connectivity index (χ0v) is 27.7. The van der Waals surface area contributed by atoms with E-state index in [-0.39, 0.29) is 5.41 Å². The summed E-state index contributed by atoms with van der Waals surface area (Å²) in [6.45, 7) is 4.64. The first kappa shape index (κ1) is 27.6. The van der Waals surface area contributed by atoms with Crippen molar-refractivity contribution in [2.75, 3.05) is 4.90 Å². The maximum atomic E-state index is 16.6. The van der Waals surface area contributed by atoms with Crippen LogP contribution in [0.25, 0.3) is 33.4 Å². The van der Waals surface area contributed by atoms with Gasteiger partial charge in [-0.1, -0.05) is 123 Å². The zero-order chi connectivity index (χ0) is 32.3. The molecule has 3 aliphatic rings. The number of nitrogens with zero attached hydrogens (tertiary/aromatic N) is 1. The second-order valence-corrected chi connectivity index (χ2v) is 17.3. The third-order valence-electron chi connectivity index (χ3n) is 11.0. The highest BCUT2D eigenvalue weighted by Crippen LogP contribution is 2.71. The highest BCUT2D eigenvalue weighted by atomic mass is 32.3. The van der Waals surface area contributed by atoms with Gasteiger partial charge >= 0.3 is 0 Å². The monoisotopic (exact) mass is 635 g/mol. The Morgan fingerprint density at radius 2 is 0.854 bits per heavy atom. The Morgan fingerprint density at radius 1 is 0.438 bits per heavy atom. The first-order valence-electron chi connectivity index (χ1n) is 16.6. The molecule has 0 atom stereocenters. The fourth-order valence-corrected chi connectivity index (χ4v) is 14.0. The minimum atomic E-state index is -3.81. The SMILES string of the molecule is CC1(C)c2ccccc2N(c2ccc(-c3ccc4c(c3)-c3ccccc3S43(=O)c4ccccc4-c4ccccc43)cc2)c2ccccc21. The third-order valence-corrected chi connectivity index (χ3v) is 15.8. The van der Waals surface area contributed by atoms with Gasteiger partial charge in [-0.25, -0.2) is 0 Å². The summed E-state index contributed by atoms with van der Waals surface area (Å²) in [6, 6.07) is 57.9. The summed E-state index contributed by atoms with van der Waals surface area (Å²) in [5.41, 5.74) is 12.6. The average molecular weight is 636 g/mol. The van der Waals surface area contributed by atoms with Gasteiger partial charge in [-0.15, -0.1) is 0 Å². The van der Waals surface area contributed by atoms with E-state index in [9.17, 15) is 0 Å². The van der Waals surface area contributed by atoms with E-state index in [1.807, 2.05) is 18.2 Å². The highest BCUT2D eigenvalue weighted by molar-refractivity contribution is 8.21. The molecule has 0 saturated heterocycles. The lowest BCUT2D eigenvalue weighted by Crippen LogP contribution is -2.30. The molecule has 3 heterocycles. The molecule has 0 bridgehead atoms. The molecule has 0 N–H and O–H groups in total. The topological polar surface area (TPSA) is 20.3 Å². The van der Waals surface area contributed by atoms with Gasteiger partial charge in [0.2, 0.25) is 0 Å². The molecule has 2 nitrogen and oxygen atoms in total. The molecule has 7 aromatic carbocycles. The van der Waals surface area contributed by atoms with Crippen LogP contribution in [0.15, 0.2) is 183 Å². The van der Waals surface area contributed by atoms with Crippen LogP contribution in [0.4, 0.5) is 17.1 Å². The molecular weight excluding hydrogens is 603 g/mol. The molecular formula is C45H33NOS. The summed E-state index contributed by atoms with van der Waals surface area (Å²) in [6.07, 6.45) is 0. The van der Waals surface area contributed by atoms with Gasteiger partial charge in [0.1, 0.15) is 0 Å². The smallest absolute Gasteiger partial charge is 0.0502 e. The lowest BCUT2D eigenvalue weighted by molar-refractivity contribution is 0.632. The van der Waals surface area contributed by atoms with Crippen molar-refractivity contribution in [2.45, 2.75) is 38.8 Å². The van der Waals surface area contributed by atoms with Gasteiger partial charge in [-0.05, 0) is 99.1 Å². The lowest BCUT2D eigenvalue weighted by atomic mass is 9.73. The van der Waals surface area contributed by atoms with Crippen molar-refractivity contribution in [3.8, 4) is 33.4 Å². The molecule has 0 aliphatic carbocycles. The first-order valence-corrected chi connectivity index (χ1v) is 18.6. The van der Waals surface area contributed by atoms with Crippen LogP contribution in [-0.4, -0.2) is 4.21 Å². The van der Waals surface area contributed by atoms with Gasteiger partial charge in [0.15, 0.2) is 0 Å². The van der Waals surface area contributed by atoms with Crippen molar-refractivity contribution in [3.63, 3.8) is 0 Å². The molecule has 0 amide bonds. The van der Waals surface area contributed by atoms with E-state index in [2.05, 4.69) is 164 Å². The number of fused-ring (bicyclic) bond motifs is 12. The maximum absolute atomic E-state index is 16.6. The van der Waals surface area contributed by atoms with Crippen molar-refractivity contribution >= 4 is 26.1 Å². The van der Waals surface area contributed by atoms with Crippen LogP contribution in [0.5, 0.6) is 0 Å². The van der Waals surface area contributed by atoms with E-state index in [0.717, 1.165) is 58.7 Å². The van der Waals surface area contributed by atoms with Crippen molar-refractivity contribution in [2.24, 2.45) is 0 Å². The third kappa shape index (κ3) is 3.20. The van der Waals surface area contributed by atoms with Crippen LogP contribution in [0.3, 0.4) is 0 Å². The summed E-state index contributed by atoms with van der Waals surface area (Å²) >= 11 is 0. The minimum absolute atomic E-state index is 0.0937. The zero-order valence-electron chi connectivity index (χ0n) is 26.9. The van der Waals surface area contributed by atoms with E-state index < -0.39 is 9.07 Å². The second kappa shape index (κ2) is 9.31. The summed E-state index contributed by atoms with van der Waals surface area (Å²) < 4.78 is 16.6. The van der Waals surface area contributed by atoms with Crippen LogP contribution in [0.2, 0.25) is 0 Å². The quantitative estimate of drug-likeness (QED) is 0.188. The summed E-state index contributed by atoms with van der Waals surface area (Å²) in [7, 11) is -3.81. The highest BCUT2D eigenvalue weighted by Gasteiger charge is 2.57. The van der Waals surface area contributed by atoms with Gasteiger partial charge < -0.3 is 4.90 Å². The van der Waals surface area contributed by atoms with Crippen LogP contribution in [0, 0.1) is 0 Å². The van der Waals surface area contributed by atoms with Crippen LogP contribution < -0.4 is 4.90 Å². The molecule has 0 saturated carbocycles. The van der Waals surface area contributed by atoms with Crippen molar-refractivity contribution in [1.82, 2.24) is 0 Å². The summed E-state index contributed by atoms with van der Waals surface area (Å²) in [5.74, 6) is 0. The summed E-state index contributed by atoms with van der Waals surface area (Å²) in [5, 5.41) is 0. The molecule has 230 valence electrons. The molecule has 48 heavy (non-hydrogen) atoms. The Kier molecular flexibility index (Phi) is 5.35. The Hall–Kier alpha value is -5.51. The summed E-state index contributed by atoms with van der Waals surface area (Å²) in [4.78, 5) is 6.06. The standard InChI is InChI=1S/C45H33NOS/c1-45(2)37-16-6-8-18-39(37)46(40-19-9-7-17-38(40)45)32-26-23-30(24-27-32)31-25-28-44-36(29-31)35-15-5-12-22-43(35)48(44,47)41-20-10-3-13-33(41)34-14-4-11-21-42(34)48/h3-29H,1-2H3. The van der Waals surface area contributed by atoms with Crippen LogP contribution in [-0.2, 0) is 14.5 Å². The normalized spacial score (nSPS) is 17.2. The van der Waals surface area contributed by atoms with Crippen LogP contribution >= 0.6 is 0 Å². The van der Waals surface area contributed by atoms with E-state index in [4.69, 9.17) is 0 Å². The largest absolute Gasteiger partial charge is 0.310 e. The number of benzene rings is 7. The van der Waals surface area contributed by atoms with E-state index in [1.54, 1.807) is 0 Å². The molecule has 0 aromatic heterocycles. The molecule has 10 rings (SSSR count).